The Morgan fingerprint density at radius 1 is 1.65 bits per heavy atom. The fourth-order valence-corrected chi connectivity index (χ4v) is 2.21. The second-order valence-electron chi connectivity index (χ2n) is 3.64. The lowest BCUT2D eigenvalue weighted by atomic mass is 10.3. The number of nitrogen functional groups attached to an aromatic ring is 1. The molecule has 2 aromatic heterocycles. The molecule has 1 unspecified atom stereocenters. The lowest BCUT2D eigenvalue weighted by Gasteiger charge is -2.10. The molecule has 0 aromatic carbocycles. The number of carbonyl (C=O) groups is 1. The van der Waals surface area contributed by atoms with Gasteiger partial charge in [-0.2, -0.15) is 0 Å². The van der Waals surface area contributed by atoms with Crippen molar-refractivity contribution < 1.29 is 4.79 Å². The van der Waals surface area contributed by atoms with Gasteiger partial charge in [0.15, 0.2) is 5.13 Å². The van der Waals surface area contributed by atoms with E-state index in [-0.39, 0.29) is 11.9 Å². The van der Waals surface area contributed by atoms with Crippen LogP contribution in [0.15, 0.2) is 12.4 Å². The van der Waals surface area contributed by atoms with Crippen LogP contribution >= 0.6 is 11.3 Å². The van der Waals surface area contributed by atoms with Crippen LogP contribution in [0.5, 0.6) is 0 Å². The lowest BCUT2D eigenvalue weighted by Crippen LogP contribution is -2.27. The minimum Gasteiger partial charge on any atom is -0.375 e. The highest BCUT2D eigenvalue weighted by atomic mass is 32.1. The average Bonchev–Trinajstić information content (AvgIpc) is 2.87. The van der Waals surface area contributed by atoms with Crippen molar-refractivity contribution in [3.63, 3.8) is 0 Å². The SMILES string of the molecule is Cc1nc(N)sc1C(=O)NC(C)c1ncc[nH]1. The molecular weight excluding hydrogens is 238 g/mol. The first-order valence-electron chi connectivity index (χ1n) is 5.11. The summed E-state index contributed by atoms with van der Waals surface area (Å²) in [7, 11) is 0. The van der Waals surface area contributed by atoms with Gasteiger partial charge in [-0.3, -0.25) is 4.79 Å². The molecule has 90 valence electrons. The van der Waals surface area contributed by atoms with Gasteiger partial charge in [-0.1, -0.05) is 11.3 Å². The molecule has 17 heavy (non-hydrogen) atoms. The number of aryl methyl sites for hydroxylation is 1. The number of hydrogen-bond acceptors (Lipinski definition) is 5. The quantitative estimate of drug-likeness (QED) is 0.764. The average molecular weight is 251 g/mol. The Kier molecular flexibility index (Phi) is 3.10. The van der Waals surface area contributed by atoms with Gasteiger partial charge in [-0.15, -0.1) is 0 Å². The number of thiazole rings is 1. The summed E-state index contributed by atoms with van der Waals surface area (Å²) >= 11 is 1.19. The number of aromatic nitrogens is 3. The van der Waals surface area contributed by atoms with Gasteiger partial charge in [-0.05, 0) is 13.8 Å². The Bertz CT molecular complexity index is 519. The predicted molar refractivity (Wildman–Crippen MR) is 65.7 cm³/mol. The Hall–Kier alpha value is -1.89. The number of nitrogens with zero attached hydrogens (tertiary/aromatic N) is 2. The van der Waals surface area contributed by atoms with E-state index >= 15 is 0 Å². The number of aromatic amines is 1. The summed E-state index contributed by atoms with van der Waals surface area (Å²) in [6.45, 7) is 3.62. The van der Waals surface area contributed by atoms with Crippen LogP contribution in [0.25, 0.3) is 0 Å². The number of amides is 1. The number of anilines is 1. The van der Waals surface area contributed by atoms with Crippen molar-refractivity contribution in [1.29, 1.82) is 0 Å². The largest absolute Gasteiger partial charge is 0.375 e. The fourth-order valence-electron chi connectivity index (χ4n) is 1.47. The van der Waals surface area contributed by atoms with Gasteiger partial charge in [0, 0.05) is 12.4 Å². The zero-order chi connectivity index (χ0) is 12.4. The topological polar surface area (TPSA) is 96.7 Å². The summed E-state index contributed by atoms with van der Waals surface area (Å²) in [4.78, 5) is 23.5. The normalized spacial score (nSPS) is 12.4. The minimum absolute atomic E-state index is 0.180. The van der Waals surface area contributed by atoms with E-state index in [1.807, 2.05) is 6.92 Å². The summed E-state index contributed by atoms with van der Waals surface area (Å²) in [5.74, 6) is 0.536. The van der Waals surface area contributed by atoms with Crippen molar-refractivity contribution in [3.05, 3.63) is 28.8 Å². The van der Waals surface area contributed by atoms with Gasteiger partial charge in [0.2, 0.25) is 0 Å². The zero-order valence-electron chi connectivity index (χ0n) is 9.52. The Morgan fingerprint density at radius 3 is 2.94 bits per heavy atom. The van der Waals surface area contributed by atoms with E-state index in [9.17, 15) is 4.79 Å². The van der Waals surface area contributed by atoms with E-state index in [4.69, 9.17) is 5.73 Å². The predicted octanol–water partition coefficient (Wildman–Crippen LogP) is 1.25. The number of nitrogens with two attached hydrogens (primary N) is 1. The second kappa shape index (κ2) is 4.54. The highest BCUT2D eigenvalue weighted by molar-refractivity contribution is 7.17. The molecule has 0 saturated carbocycles. The van der Waals surface area contributed by atoms with Crippen molar-refractivity contribution in [2.45, 2.75) is 19.9 Å². The number of H-pyrrole nitrogens is 1. The summed E-state index contributed by atoms with van der Waals surface area (Å²) in [6.07, 6.45) is 3.36. The third-order valence-corrected chi connectivity index (χ3v) is 3.28. The van der Waals surface area contributed by atoms with E-state index in [1.165, 1.54) is 11.3 Å². The maximum absolute atomic E-state index is 11.9. The Morgan fingerprint density at radius 2 is 2.41 bits per heavy atom. The number of imidazole rings is 1. The molecule has 6 nitrogen and oxygen atoms in total. The summed E-state index contributed by atoms with van der Waals surface area (Å²) < 4.78 is 0. The molecule has 1 atom stereocenters. The van der Waals surface area contributed by atoms with Gasteiger partial charge < -0.3 is 16.0 Å². The van der Waals surface area contributed by atoms with Crippen molar-refractivity contribution in [2.75, 3.05) is 5.73 Å². The molecule has 2 aromatic rings. The van der Waals surface area contributed by atoms with Crippen LogP contribution < -0.4 is 11.1 Å². The van der Waals surface area contributed by atoms with Crippen LogP contribution in [0.1, 0.15) is 34.2 Å². The first kappa shape index (κ1) is 11.6. The second-order valence-corrected chi connectivity index (χ2v) is 4.67. The fraction of sp³-hybridized carbons (Fsp3) is 0.300. The van der Waals surface area contributed by atoms with Crippen LogP contribution in [-0.4, -0.2) is 20.9 Å². The standard InChI is InChI=1S/C10H13N5OS/c1-5-7(17-10(11)15-5)9(16)14-6(2)8-12-3-4-13-8/h3-4,6H,1-2H3,(H2,11,15)(H,12,13)(H,14,16). The van der Waals surface area contributed by atoms with Gasteiger partial charge in [0.1, 0.15) is 10.7 Å². The summed E-state index contributed by atoms with van der Waals surface area (Å²) in [5, 5.41) is 3.24. The Balaban J connectivity index is 2.09. The molecular formula is C10H13N5OS. The molecule has 0 saturated heterocycles. The van der Waals surface area contributed by atoms with E-state index < -0.39 is 0 Å². The number of rotatable bonds is 3. The lowest BCUT2D eigenvalue weighted by molar-refractivity contribution is 0.0941. The van der Waals surface area contributed by atoms with E-state index in [0.717, 1.165) is 0 Å². The van der Waals surface area contributed by atoms with Crippen LogP contribution in [-0.2, 0) is 0 Å². The highest BCUT2D eigenvalue weighted by Crippen LogP contribution is 2.20. The van der Waals surface area contributed by atoms with Crippen molar-refractivity contribution in [3.8, 4) is 0 Å². The molecule has 2 heterocycles. The molecule has 0 aliphatic carbocycles. The van der Waals surface area contributed by atoms with Gasteiger partial charge in [0.25, 0.3) is 5.91 Å². The minimum atomic E-state index is -0.180. The molecule has 0 fully saturated rings. The molecule has 1 amide bonds. The smallest absolute Gasteiger partial charge is 0.263 e. The third-order valence-electron chi connectivity index (χ3n) is 2.30. The van der Waals surface area contributed by atoms with E-state index in [2.05, 4.69) is 20.3 Å². The molecule has 2 rings (SSSR count). The number of nitrogens with one attached hydrogen (secondary N) is 2. The maximum atomic E-state index is 11.9. The molecule has 0 radical (unpaired) electrons. The first-order chi connectivity index (χ1) is 8.08. The van der Waals surface area contributed by atoms with E-state index in [1.54, 1.807) is 19.3 Å². The van der Waals surface area contributed by atoms with Crippen LogP contribution in [0, 0.1) is 6.92 Å². The zero-order valence-corrected chi connectivity index (χ0v) is 10.3. The third kappa shape index (κ3) is 2.44. The van der Waals surface area contributed by atoms with E-state index in [0.29, 0.717) is 21.5 Å². The van der Waals surface area contributed by atoms with Gasteiger partial charge in [0.05, 0.1) is 11.7 Å². The molecule has 0 aliphatic heterocycles. The Labute approximate surface area is 102 Å². The van der Waals surface area contributed by atoms with Crippen LogP contribution in [0.4, 0.5) is 5.13 Å². The number of hydrogen-bond donors (Lipinski definition) is 3. The molecule has 7 heteroatoms. The molecule has 0 aliphatic rings. The maximum Gasteiger partial charge on any atom is 0.263 e. The van der Waals surface area contributed by atoms with Crippen molar-refractivity contribution >= 4 is 22.4 Å². The molecule has 0 bridgehead atoms. The molecule has 0 spiro atoms. The number of carbonyl (C=O) groups excluding carboxylic acids is 1. The molecule has 4 N–H and O–H groups in total. The summed E-state index contributed by atoms with van der Waals surface area (Å²) in [6, 6.07) is -0.180. The van der Waals surface area contributed by atoms with Gasteiger partial charge in [-0.25, -0.2) is 9.97 Å². The van der Waals surface area contributed by atoms with Crippen molar-refractivity contribution in [2.24, 2.45) is 0 Å². The van der Waals surface area contributed by atoms with Gasteiger partial charge >= 0.3 is 0 Å². The first-order valence-corrected chi connectivity index (χ1v) is 5.92. The monoisotopic (exact) mass is 251 g/mol. The summed E-state index contributed by atoms with van der Waals surface area (Å²) in [5.41, 5.74) is 6.20. The van der Waals surface area contributed by atoms with Crippen LogP contribution in [0.2, 0.25) is 0 Å². The van der Waals surface area contributed by atoms with Crippen LogP contribution in [0.3, 0.4) is 0 Å². The van der Waals surface area contributed by atoms with Crippen molar-refractivity contribution in [1.82, 2.24) is 20.3 Å². The highest BCUT2D eigenvalue weighted by Gasteiger charge is 2.17.